The van der Waals surface area contributed by atoms with Crippen LogP contribution >= 0.6 is 0 Å². The molecule has 6 heteroatoms. The molecule has 0 saturated carbocycles. The number of nitrogens with zero attached hydrogens (tertiary/aromatic N) is 5. The molecule has 2 aromatic heterocycles. The number of aryl methyl sites for hydroxylation is 1. The molecule has 1 atom stereocenters. The maximum Gasteiger partial charge on any atom is 0.227 e. The third-order valence-electron chi connectivity index (χ3n) is 4.75. The van der Waals surface area contributed by atoms with Gasteiger partial charge in [0, 0.05) is 37.4 Å². The maximum atomic E-state index is 12.6. The minimum absolute atomic E-state index is 0.246. The van der Waals surface area contributed by atoms with Crippen LogP contribution in [0.5, 0.6) is 0 Å². The molecule has 1 unspecified atom stereocenters. The molecule has 1 fully saturated rings. The van der Waals surface area contributed by atoms with Crippen molar-refractivity contribution in [3.8, 4) is 11.4 Å². The van der Waals surface area contributed by atoms with Crippen LogP contribution in [-0.4, -0.2) is 43.6 Å². The van der Waals surface area contributed by atoms with E-state index in [2.05, 4.69) is 15.1 Å². The normalized spacial score (nSPS) is 18.4. The summed E-state index contributed by atoms with van der Waals surface area (Å²) < 4.78 is 1.82. The number of carbonyl (C=O) groups excluding carboxylic acids is 1. The van der Waals surface area contributed by atoms with E-state index in [1.807, 2.05) is 49.5 Å². The molecule has 3 rings (SSSR count). The second kappa shape index (κ2) is 6.94. The number of likely N-dealkylation sites (tertiary alicyclic amines) is 1. The fraction of sp³-hybridized carbons (Fsp3) is 0.579. The molecule has 25 heavy (non-hydrogen) atoms. The molecule has 2 aromatic rings. The Morgan fingerprint density at radius 1 is 1.32 bits per heavy atom. The fourth-order valence-corrected chi connectivity index (χ4v) is 3.46. The lowest BCUT2D eigenvalue weighted by molar-refractivity contribution is -0.141. The monoisotopic (exact) mass is 341 g/mol. The van der Waals surface area contributed by atoms with E-state index in [1.165, 1.54) is 0 Å². The van der Waals surface area contributed by atoms with Gasteiger partial charge in [0.05, 0.1) is 11.4 Å². The quantitative estimate of drug-likeness (QED) is 0.861. The fourth-order valence-electron chi connectivity index (χ4n) is 3.46. The molecule has 6 nitrogen and oxygen atoms in total. The number of hydrogen-bond donors (Lipinski definition) is 0. The molecule has 1 aliphatic heterocycles. The number of piperidine rings is 1. The molecule has 0 radical (unpaired) electrons. The van der Waals surface area contributed by atoms with Gasteiger partial charge in [0.2, 0.25) is 5.91 Å². The zero-order chi connectivity index (χ0) is 18.0. The van der Waals surface area contributed by atoms with Crippen molar-refractivity contribution in [1.82, 2.24) is 24.6 Å². The third kappa shape index (κ3) is 4.06. The predicted molar refractivity (Wildman–Crippen MR) is 96.7 cm³/mol. The predicted octanol–water partition coefficient (Wildman–Crippen LogP) is 2.70. The van der Waals surface area contributed by atoms with Gasteiger partial charge in [-0.05, 0) is 37.3 Å². The highest BCUT2D eigenvalue weighted by atomic mass is 16.2. The Morgan fingerprint density at radius 3 is 2.80 bits per heavy atom. The molecule has 1 amide bonds. The first-order valence-electron chi connectivity index (χ1n) is 8.93. The van der Waals surface area contributed by atoms with Crippen LogP contribution in [0.25, 0.3) is 11.4 Å². The van der Waals surface area contributed by atoms with E-state index in [1.54, 1.807) is 12.5 Å². The molecule has 0 aliphatic carbocycles. The number of rotatable bonds is 3. The summed E-state index contributed by atoms with van der Waals surface area (Å²) in [5.74, 6) is 0.699. The zero-order valence-corrected chi connectivity index (χ0v) is 15.6. The molecule has 0 bridgehead atoms. The van der Waals surface area contributed by atoms with Crippen molar-refractivity contribution in [3.63, 3.8) is 0 Å². The van der Waals surface area contributed by atoms with E-state index in [9.17, 15) is 4.79 Å². The van der Waals surface area contributed by atoms with Gasteiger partial charge in [-0.15, -0.1) is 0 Å². The van der Waals surface area contributed by atoms with Crippen molar-refractivity contribution in [3.05, 3.63) is 30.4 Å². The van der Waals surface area contributed by atoms with Crippen LogP contribution in [-0.2, 0) is 18.3 Å². The lowest BCUT2D eigenvalue weighted by atomic mass is 9.89. The Morgan fingerprint density at radius 2 is 2.12 bits per heavy atom. The standard InChI is InChI=1S/C19H27N5O/c1-19(2,3)18(25)24-9-5-6-14(12-24)10-15-11-16(21-13-20-15)17-7-8-22-23(17)4/h7-8,11,13-14H,5-6,9-10,12H2,1-4H3. The lowest BCUT2D eigenvalue weighted by Gasteiger charge is -2.36. The number of aromatic nitrogens is 4. The van der Waals surface area contributed by atoms with Gasteiger partial charge < -0.3 is 4.90 Å². The van der Waals surface area contributed by atoms with Crippen molar-refractivity contribution in [2.45, 2.75) is 40.0 Å². The SMILES string of the molecule is Cn1nccc1-c1cc(CC2CCCN(C(=O)C(C)(C)C)C2)ncn1. The molecule has 0 N–H and O–H groups in total. The molecular weight excluding hydrogens is 314 g/mol. The molecule has 0 spiro atoms. The Hall–Kier alpha value is -2.24. The molecular formula is C19H27N5O. The number of amides is 1. The molecule has 1 saturated heterocycles. The summed E-state index contributed by atoms with van der Waals surface area (Å²) in [6.45, 7) is 7.66. The van der Waals surface area contributed by atoms with Gasteiger partial charge in [0.25, 0.3) is 0 Å². The average Bonchev–Trinajstić information content (AvgIpc) is 3.00. The first-order valence-corrected chi connectivity index (χ1v) is 8.93. The second-order valence-electron chi connectivity index (χ2n) is 7.95. The highest BCUT2D eigenvalue weighted by Crippen LogP contribution is 2.26. The molecule has 3 heterocycles. The van der Waals surface area contributed by atoms with Crippen molar-refractivity contribution in [2.24, 2.45) is 18.4 Å². The smallest absolute Gasteiger partial charge is 0.227 e. The van der Waals surface area contributed by atoms with Gasteiger partial charge in [-0.3, -0.25) is 9.48 Å². The first kappa shape index (κ1) is 17.6. The molecule has 134 valence electrons. The van der Waals surface area contributed by atoms with Crippen molar-refractivity contribution < 1.29 is 4.79 Å². The Labute approximate surface area is 149 Å². The van der Waals surface area contributed by atoms with Crippen molar-refractivity contribution >= 4 is 5.91 Å². The van der Waals surface area contributed by atoms with E-state index in [4.69, 9.17) is 0 Å². The van der Waals surface area contributed by atoms with E-state index >= 15 is 0 Å². The maximum absolute atomic E-state index is 12.6. The van der Waals surface area contributed by atoms with Crippen molar-refractivity contribution in [1.29, 1.82) is 0 Å². The van der Waals surface area contributed by atoms with Crippen LogP contribution in [0.3, 0.4) is 0 Å². The summed E-state index contributed by atoms with van der Waals surface area (Å²) in [7, 11) is 1.91. The van der Waals surface area contributed by atoms with Gasteiger partial charge in [0.1, 0.15) is 6.33 Å². The van der Waals surface area contributed by atoms with Gasteiger partial charge in [-0.1, -0.05) is 20.8 Å². The van der Waals surface area contributed by atoms with E-state index in [0.29, 0.717) is 5.92 Å². The van der Waals surface area contributed by atoms with Gasteiger partial charge >= 0.3 is 0 Å². The highest BCUT2D eigenvalue weighted by molar-refractivity contribution is 5.81. The van der Waals surface area contributed by atoms with Crippen LogP contribution in [0.2, 0.25) is 0 Å². The Kier molecular flexibility index (Phi) is 4.88. The Balaban J connectivity index is 1.70. The van der Waals surface area contributed by atoms with Crippen LogP contribution in [0.15, 0.2) is 24.7 Å². The minimum Gasteiger partial charge on any atom is -0.342 e. The van der Waals surface area contributed by atoms with Crippen molar-refractivity contribution in [2.75, 3.05) is 13.1 Å². The Bertz CT molecular complexity index is 746. The third-order valence-corrected chi connectivity index (χ3v) is 4.75. The van der Waals surface area contributed by atoms with Crippen LogP contribution in [0.1, 0.15) is 39.3 Å². The van der Waals surface area contributed by atoms with Crippen LogP contribution < -0.4 is 0 Å². The largest absolute Gasteiger partial charge is 0.342 e. The van der Waals surface area contributed by atoms with Gasteiger partial charge in [-0.2, -0.15) is 5.10 Å². The molecule has 1 aliphatic rings. The highest BCUT2D eigenvalue weighted by Gasteiger charge is 2.31. The van der Waals surface area contributed by atoms with Crippen LogP contribution in [0.4, 0.5) is 0 Å². The summed E-state index contributed by atoms with van der Waals surface area (Å²) in [5.41, 5.74) is 2.59. The zero-order valence-electron chi connectivity index (χ0n) is 15.6. The van der Waals surface area contributed by atoms with E-state index in [-0.39, 0.29) is 11.3 Å². The lowest BCUT2D eigenvalue weighted by Crippen LogP contribution is -2.45. The van der Waals surface area contributed by atoms with E-state index < -0.39 is 0 Å². The van der Waals surface area contributed by atoms with Gasteiger partial charge in [-0.25, -0.2) is 9.97 Å². The number of carbonyl (C=O) groups is 1. The number of hydrogen-bond acceptors (Lipinski definition) is 4. The summed E-state index contributed by atoms with van der Waals surface area (Å²) >= 11 is 0. The molecule has 0 aromatic carbocycles. The summed E-state index contributed by atoms with van der Waals surface area (Å²) in [5, 5.41) is 4.20. The first-order chi connectivity index (χ1) is 11.8. The average molecular weight is 341 g/mol. The summed E-state index contributed by atoms with van der Waals surface area (Å²) in [6, 6.07) is 4.00. The minimum atomic E-state index is -0.316. The van der Waals surface area contributed by atoms with Crippen LogP contribution in [0, 0.1) is 11.3 Å². The summed E-state index contributed by atoms with van der Waals surface area (Å²) in [6.07, 6.45) is 6.47. The topological polar surface area (TPSA) is 63.9 Å². The second-order valence-corrected chi connectivity index (χ2v) is 7.95. The van der Waals surface area contributed by atoms with E-state index in [0.717, 1.165) is 49.4 Å². The summed E-state index contributed by atoms with van der Waals surface area (Å²) in [4.78, 5) is 23.4. The van der Waals surface area contributed by atoms with Gasteiger partial charge in [0.15, 0.2) is 0 Å².